The quantitative estimate of drug-likeness (QED) is 0.810. The number of aliphatic hydroxyl groups is 1. The Morgan fingerprint density at radius 1 is 1.50 bits per heavy atom. The minimum atomic E-state index is -0.114. The third kappa shape index (κ3) is 3.49. The number of ether oxygens (including phenoxy) is 2. The van der Waals surface area contributed by atoms with Gasteiger partial charge in [0.15, 0.2) is 0 Å². The first-order chi connectivity index (χ1) is 8.79. The zero-order valence-electron chi connectivity index (χ0n) is 10.6. The SMILES string of the molecule is Cc1cc(C#CCO)ccc1OC1CCCOC1. The van der Waals surface area contributed by atoms with Gasteiger partial charge in [-0.3, -0.25) is 0 Å². The number of hydrogen-bond donors (Lipinski definition) is 1. The minimum absolute atomic E-state index is 0.114. The van der Waals surface area contributed by atoms with Crippen molar-refractivity contribution in [2.24, 2.45) is 0 Å². The maximum Gasteiger partial charge on any atom is 0.122 e. The molecule has 1 aliphatic heterocycles. The molecule has 0 aliphatic carbocycles. The van der Waals surface area contributed by atoms with E-state index in [0.717, 1.165) is 36.3 Å². The maximum absolute atomic E-state index is 8.66. The Labute approximate surface area is 108 Å². The predicted octanol–water partition coefficient (Wildman–Crippen LogP) is 1.90. The first-order valence-corrected chi connectivity index (χ1v) is 6.24. The van der Waals surface area contributed by atoms with Crippen LogP contribution >= 0.6 is 0 Å². The Hall–Kier alpha value is -1.50. The highest BCUT2D eigenvalue weighted by Gasteiger charge is 2.16. The van der Waals surface area contributed by atoms with Gasteiger partial charge >= 0.3 is 0 Å². The zero-order chi connectivity index (χ0) is 12.8. The summed E-state index contributed by atoms with van der Waals surface area (Å²) in [5, 5.41) is 8.66. The molecule has 3 heteroatoms. The molecule has 1 aliphatic rings. The van der Waals surface area contributed by atoms with Crippen LogP contribution in [0.1, 0.15) is 24.0 Å². The van der Waals surface area contributed by atoms with Gasteiger partial charge in [-0.25, -0.2) is 0 Å². The van der Waals surface area contributed by atoms with Crippen LogP contribution in [0.2, 0.25) is 0 Å². The molecule has 0 bridgehead atoms. The topological polar surface area (TPSA) is 38.7 Å². The van der Waals surface area contributed by atoms with E-state index in [9.17, 15) is 0 Å². The van der Waals surface area contributed by atoms with Gasteiger partial charge in [-0.05, 0) is 43.5 Å². The molecule has 1 heterocycles. The monoisotopic (exact) mass is 246 g/mol. The van der Waals surface area contributed by atoms with Gasteiger partial charge in [0.05, 0.1) is 6.61 Å². The molecule has 2 rings (SSSR count). The molecule has 0 amide bonds. The summed E-state index contributed by atoms with van der Waals surface area (Å²) in [6.07, 6.45) is 2.27. The summed E-state index contributed by atoms with van der Waals surface area (Å²) in [5.74, 6) is 6.41. The van der Waals surface area contributed by atoms with Crippen molar-refractivity contribution >= 4 is 0 Å². The van der Waals surface area contributed by atoms with E-state index in [1.807, 2.05) is 25.1 Å². The molecule has 0 saturated carbocycles. The fourth-order valence-electron chi connectivity index (χ4n) is 1.98. The molecule has 1 N–H and O–H groups in total. The van der Waals surface area contributed by atoms with Gasteiger partial charge in [0, 0.05) is 12.2 Å². The zero-order valence-corrected chi connectivity index (χ0v) is 10.6. The normalized spacial score (nSPS) is 18.9. The number of aryl methyl sites for hydroxylation is 1. The average molecular weight is 246 g/mol. The smallest absolute Gasteiger partial charge is 0.122 e. The van der Waals surface area contributed by atoms with E-state index in [-0.39, 0.29) is 12.7 Å². The van der Waals surface area contributed by atoms with Crippen molar-refractivity contribution in [3.63, 3.8) is 0 Å². The highest BCUT2D eigenvalue weighted by molar-refractivity contribution is 5.43. The largest absolute Gasteiger partial charge is 0.488 e. The van der Waals surface area contributed by atoms with E-state index >= 15 is 0 Å². The Bertz CT molecular complexity index is 451. The average Bonchev–Trinajstić information content (AvgIpc) is 2.40. The molecule has 1 atom stereocenters. The van der Waals surface area contributed by atoms with Crippen molar-refractivity contribution in [3.8, 4) is 17.6 Å². The van der Waals surface area contributed by atoms with Crippen molar-refractivity contribution in [2.45, 2.75) is 25.9 Å². The van der Waals surface area contributed by atoms with Gasteiger partial charge in [0.25, 0.3) is 0 Å². The van der Waals surface area contributed by atoms with Gasteiger partial charge in [0.1, 0.15) is 18.5 Å². The predicted molar refractivity (Wildman–Crippen MR) is 69.6 cm³/mol. The van der Waals surface area contributed by atoms with E-state index in [2.05, 4.69) is 11.8 Å². The lowest BCUT2D eigenvalue weighted by atomic mass is 10.1. The highest BCUT2D eigenvalue weighted by Crippen LogP contribution is 2.22. The fourth-order valence-corrected chi connectivity index (χ4v) is 1.98. The summed E-state index contributed by atoms with van der Waals surface area (Å²) in [4.78, 5) is 0. The molecule has 0 radical (unpaired) electrons. The van der Waals surface area contributed by atoms with Crippen LogP contribution < -0.4 is 4.74 Å². The molecule has 1 aromatic rings. The molecule has 18 heavy (non-hydrogen) atoms. The molecule has 0 spiro atoms. The molecular weight excluding hydrogens is 228 g/mol. The fraction of sp³-hybridized carbons (Fsp3) is 0.467. The standard InChI is InChI=1S/C15H18O3/c1-12-10-13(4-2-8-16)6-7-15(12)18-14-5-3-9-17-11-14/h6-7,10,14,16H,3,5,8-9,11H2,1H3. The van der Waals surface area contributed by atoms with E-state index in [4.69, 9.17) is 14.6 Å². The van der Waals surface area contributed by atoms with Crippen LogP contribution in [0.15, 0.2) is 18.2 Å². The second-order valence-electron chi connectivity index (χ2n) is 4.40. The lowest BCUT2D eigenvalue weighted by Gasteiger charge is -2.24. The summed E-state index contributed by atoms with van der Waals surface area (Å²) < 4.78 is 11.3. The summed E-state index contributed by atoms with van der Waals surface area (Å²) in [6.45, 7) is 3.40. The van der Waals surface area contributed by atoms with Crippen molar-refractivity contribution < 1.29 is 14.6 Å². The van der Waals surface area contributed by atoms with Gasteiger partial charge in [-0.15, -0.1) is 0 Å². The second-order valence-corrected chi connectivity index (χ2v) is 4.40. The molecule has 0 aromatic heterocycles. The molecule has 1 saturated heterocycles. The Balaban J connectivity index is 2.04. The van der Waals surface area contributed by atoms with Crippen molar-refractivity contribution in [1.82, 2.24) is 0 Å². The van der Waals surface area contributed by atoms with Gasteiger partial charge in [0.2, 0.25) is 0 Å². The Kier molecular flexibility index (Phi) is 4.63. The molecule has 1 aromatic carbocycles. The summed E-state index contributed by atoms with van der Waals surface area (Å²) in [6, 6.07) is 5.82. The molecule has 96 valence electrons. The summed E-state index contributed by atoms with van der Waals surface area (Å²) in [5.41, 5.74) is 1.96. The van der Waals surface area contributed by atoms with Crippen molar-refractivity contribution in [3.05, 3.63) is 29.3 Å². The van der Waals surface area contributed by atoms with Crippen LogP contribution in [-0.2, 0) is 4.74 Å². The van der Waals surface area contributed by atoms with Crippen LogP contribution in [-0.4, -0.2) is 31.0 Å². The van der Waals surface area contributed by atoms with E-state index in [0.29, 0.717) is 6.61 Å². The number of aliphatic hydroxyl groups excluding tert-OH is 1. The molecule has 1 fully saturated rings. The van der Waals surface area contributed by atoms with Crippen molar-refractivity contribution in [2.75, 3.05) is 19.8 Å². The Morgan fingerprint density at radius 3 is 3.06 bits per heavy atom. The molecule has 3 nitrogen and oxygen atoms in total. The van der Waals surface area contributed by atoms with Crippen LogP contribution in [0.4, 0.5) is 0 Å². The maximum atomic E-state index is 8.66. The first kappa shape index (κ1) is 12.9. The summed E-state index contributed by atoms with van der Waals surface area (Å²) >= 11 is 0. The van der Waals surface area contributed by atoms with Gasteiger partial charge in [-0.2, -0.15) is 0 Å². The van der Waals surface area contributed by atoms with Crippen LogP contribution in [0, 0.1) is 18.8 Å². The van der Waals surface area contributed by atoms with Gasteiger partial charge < -0.3 is 14.6 Å². The third-order valence-electron chi connectivity index (χ3n) is 2.90. The minimum Gasteiger partial charge on any atom is -0.488 e. The molecular formula is C15H18O3. The van der Waals surface area contributed by atoms with Crippen LogP contribution in [0.5, 0.6) is 5.75 Å². The number of benzene rings is 1. The third-order valence-corrected chi connectivity index (χ3v) is 2.90. The van der Waals surface area contributed by atoms with E-state index in [1.54, 1.807) is 0 Å². The summed E-state index contributed by atoms with van der Waals surface area (Å²) in [7, 11) is 0. The van der Waals surface area contributed by atoms with Crippen LogP contribution in [0.25, 0.3) is 0 Å². The number of rotatable bonds is 2. The first-order valence-electron chi connectivity index (χ1n) is 6.24. The second kappa shape index (κ2) is 6.44. The lowest BCUT2D eigenvalue weighted by molar-refractivity contribution is 0.00715. The van der Waals surface area contributed by atoms with E-state index in [1.165, 1.54) is 0 Å². The van der Waals surface area contributed by atoms with Crippen LogP contribution in [0.3, 0.4) is 0 Å². The van der Waals surface area contributed by atoms with E-state index < -0.39 is 0 Å². The number of hydrogen-bond acceptors (Lipinski definition) is 3. The molecule has 1 unspecified atom stereocenters. The van der Waals surface area contributed by atoms with Crippen molar-refractivity contribution in [1.29, 1.82) is 0 Å². The highest BCUT2D eigenvalue weighted by atomic mass is 16.5. The van der Waals surface area contributed by atoms with Gasteiger partial charge in [-0.1, -0.05) is 11.8 Å². The lowest BCUT2D eigenvalue weighted by Crippen LogP contribution is -2.28. The Morgan fingerprint density at radius 2 is 2.39 bits per heavy atom.